The predicted octanol–water partition coefficient (Wildman–Crippen LogP) is 15.3. The van der Waals surface area contributed by atoms with Crippen LogP contribution in [0.2, 0.25) is 0 Å². The van der Waals surface area contributed by atoms with Crippen LogP contribution in [0.4, 0.5) is 0 Å². The van der Waals surface area contributed by atoms with Crippen LogP contribution in [0.1, 0.15) is 0 Å². The van der Waals surface area contributed by atoms with E-state index < -0.39 is 0 Å². The quantitative estimate of drug-likeness (QED) is 0.161. The lowest BCUT2D eigenvalue weighted by Gasteiger charge is -2.16. The summed E-state index contributed by atoms with van der Waals surface area (Å²) in [7, 11) is 0. The van der Waals surface area contributed by atoms with Crippen LogP contribution in [0.3, 0.4) is 0 Å². The maximum Gasteiger partial charge on any atom is 0.164 e. The van der Waals surface area contributed by atoms with Gasteiger partial charge in [-0.1, -0.05) is 182 Å². The van der Waals surface area contributed by atoms with Crippen LogP contribution in [0.5, 0.6) is 0 Å². The lowest BCUT2D eigenvalue weighted by Crippen LogP contribution is -2.01. The van der Waals surface area contributed by atoms with Gasteiger partial charge in [-0.15, -0.1) is 11.3 Å². The van der Waals surface area contributed by atoms with E-state index in [9.17, 15) is 0 Å². The number of hydrogen-bond acceptors (Lipinski definition) is 4. The smallest absolute Gasteiger partial charge is 0.164 e. The molecule has 0 N–H and O–H groups in total. The summed E-state index contributed by atoms with van der Waals surface area (Å²) in [5, 5.41) is 4.97. The Labute approximate surface area is 362 Å². The Kier molecular flexibility index (Phi) is 8.65. The number of benzene rings is 9. The van der Waals surface area contributed by atoms with Crippen LogP contribution in [0, 0.1) is 0 Å². The first-order chi connectivity index (χ1) is 30.7. The summed E-state index contributed by atoms with van der Waals surface area (Å²) < 4.78 is 4.86. The normalized spacial score (nSPS) is 11.5. The van der Waals surface area contributed by atoms with E-state index >= 15 is 0 Å². The van der Waals surface area contributed by atoms with Gasteiger partial charge in [0.05, 0.1) is 11.0 Å². The average Bonchev–Trinajstić information content (AvgIpc) is 3.89. The van der Waals surface area contributed by atoms with E-state index in [1.165, 1.54) is 53.1 Å². The summed E-state index contributed by atoms with van der Waals surface area (Å²) in [5.41, 5.74) is 13.2. The summed E-state index contributed by atoms with van der Waals surface area (Å²) in [6.07, 6.45) is 0. The monoisotopic (exact) mass is 808 g/mol. The Hall–Kier alpha value is -7.99. The largest absolute Gasteiger partial charge is 0.309 e. The molecule has 0 radical (unpaired) electrons. The molecular weight excluding hydrogens is 773 g/mol. The van der Waals surface area contributed by atoms with Gasteiger partial charge in [-0.2, -0.15) is 0 Å². The minimum absolute atomic E-state index is 0.626. The molecule has 4 nitrogen and oxygen atoms in total. The fourth-order valence-electron chi connectivity index (χ4n) is 8.97. The van der Waals surface area contributed by atoms with Crippen molar-refractivity contribution in [3.8, 4) is 73.2 Å². The SMILES string of the molecule is c1ccc(-c2ccc(-c3ccc(-c4ccccc4)c4c3sc3cc5c(cc34)c3ccccc3n5-c3ccccc3)c(-c3nc(-c4ccccc4)nc(-c4ccccc4)n3)c2)cc1. The molecule has 0 unspecified atom stereocenters. The van der Waals surface area contributed by atoms with Gasteiger partial charge < -0.3 is 4.57 Å². The topological polar surface area (TPSA) is 43.6 Å². The van der Waals surface area contributed by atoms with Crippen molar-refractivity contribution < 1.29 is 0 Å². The Bertz CT molecular complexity index is 3540. The van der Waals surface area contributed by atoms with Gasteiger partial charge in [0.2, 0.25) is 0 Å². The molecular formula is C57H36N4S. The highest BCUT2D eigenvalue weighted by molar-refractivity contribution is 7.26. The second-order valence-electron chi connectivity index (χ2n) is 15.6. The van der Waals surface area contributed by atoms with Crippen molar-refractivity contribution in [3.63, 3.8) is 0 Å². The first kappa shape index (κ1) is 35.9. The maximum absolute atomic E-state index is 5.28. The molecule has 62 heavy (non-hydrogen) atoms. The second-order valence-corrected chi connectivity index (χ2v) is 16.6. The fourth-order valence-corrected chi connectivity index (χ4v) is 10.2. The molecule has 0 atom stereocenters. The third-order valence-corrected chi connectivity index (χ3v) is 13.1. The van der Waals surface area contributed by atoms with Crippen LogP contribution in [-0.2, 0) is 0 Å². The van der Waals surface area contributed by atoms with Crippen LogP contribution in [0.25, 0.3) is 115 Å². The van der Waals surface area contributed by atoms with Gasteiger partial charge in [0, 0.05) is 58.9 Å². The molecule has 0 aliphatic carbocycles. The molecule has 3 aromatic heterocycles. The van der Waals surface area contributed by atoms with E-state index in [4.69, 9.17) is 15.0 Å². The van der Waals surface area contributed by atoms with Gasteiger partial charge in [0.1, 0.15) is 0 Å². The average molecular weight is 809 g/mol. The van der Waals surface area contributed by atoms with E-state index in [1.807, 2.05) is 47.7 Å². The molecule has 0 spiro atoms. The Morgan fingerprint density at radius 1 is 0.323 bits per heavy atom. The Morgan fingerprint density at radius 3 is 1.52 bits per heavy atom. The van der Waals surface area contributed by atoms with Crippen molar-refractivity contribution >= 4 is 53.3 Å². The van der Waals surface area contributed by atoms with Crippen molar-refractivity contribution in [1.29, 1.82) is 0 Å². The van der Waals surface area contributed by atoms with Crippen molar-refractivity contribution in [2.45, 2.75) is 0 Å². The minimum Gasteiger partial charge on any atom is -0.309 e. The van der Waals surface area contributed by atoms with Crippen LogP contribution >= 0.6 is 11.3 Å². The number of rotatable bonds is 7. The molecule has 9 aromatic carbocycles. The molecule has 0 amide bonds. The molecule has 0 saturated carbocycles. The maximum atomic E-state index is 5.28. The van der Waals surface area contributed by atoms with Gasteiger partial charge in [-0.25, -0.2) is 15.0 Å². The van der Waals surface area contributed by atoms with E-state index in [-0.39, 0.29) is 0 Å². The molecule has 0 fully saturated rings. The molecule has 5 heteroatoms. The van der Waals surface area contributed by atoms with Gasteiger partial charge >= 0.3 is 0 Å². The number of thiophene rings is 1. The van der Waals surface area contributed by atoms with E-state index in [0.29, 0.717) is 17.5 Å². The molecule has 12 rings (SSSR count). The molecule has 0 saturated heterocycles. The van der Waals surface area contributed by atoms with E-state index in [2.05, 4.69) is 187 Å². The number of nitrogens with zero attached hydrogens (tertiary/aromatic N) is 4. The fraction of sp³-hybridized carbons (Fsp3) is 0. The Balaban J connectivity index is 1.16. The summed E-state index contributed by atoms with van der Waals surface area (Å²) in [6, 6.07) is 77.4. The molecule has 12 aromatic rings. The molecule has 0 aliphatic heterocycles. The predicted molar refractivity (Wildman–Crippen MR) is 260 cm³/mol. The van der Waals surface area contributed by atoms with Crippen molar-refractivity contribution in [3.05, 3.63) is 218 Å². The molecule has 3 heterocycles. The number of aromatic nitrogens is 4. The molecule has 0 aliphatic rings. The van der Waals surface area contributed by atoms with Gasteiger partial charge in [0.25, 0.3) is 0 Å². The van der Waals surface area contributed by atoms with Crippen molar-refractivity contribution in [1.82, 2.24) is 19.5 Å². The van der Waals surface area contributed by atoms with Crippen LogP contribution in [-0.4, -0.2) is 19.5 Å². The van der Waals surface area contributed by atoms with E-state index in [0.717, 1.165) is 44.6 Å². The number of fused-ring (bicyclic) bond motifs is 6. The zero-order valence-corrected chi connectivity index (χ0v) is 34.3. The zero-order valence-electron chi connectivity index (χ0n) is 33.5. The highest BCUT2D eigenvalue weighted by atomic mass is 32.1. The van der Waals surface area contributed by atoms with Crippen LogP contribution in [0.15, 0.2) is 218 Å². The molecule has 0 bridgehead atoms. The standard InChI is InChI=1S/C57H36N4S/c1-6-18-37(19-7-1)41-30-31-44(48(34-41)57-59-55(39-22-10-3-11-23-39)58-56(60-57)40-24-12-4-13-25-40)46-33-32-43(38-20-8-2-9-21-38)53-49-35-47-45-28-16-17-29-50(45)61(42-26-14-5-15-27-42)51(47)36-52(49)62-54(46)53/h1-36H. The molecule has 290 valence electrons. The summed E-state index contributed by atoms with van der Waals surface area (Å²) >= 11 is 1.86. The Morgan fingerprint density at radius 2 is 0.855 bits per heavy atom. The first-order valence-electron chi connectivity index (χ1n) is 20.9. The second kappa shape index (κ2) is 14.9. The minimum atomic E-state index is 0.626. The van der Waals surface area contributed by atoms with E-state index in [1.54, 1.807) is 0 Å². The van der Waals surface area contributed by atoms with Gasteiger partial charge in [-0.05, 0) is 64.2 Å². The summed E-state index contributed by atoms with van der Waals surface area (Å²) in [6.45, 7) is 0. The third kappa shape index (κ3) is 6.09. The summed E-state index contributed by atoms with van der Waals surface area (Å²) in [5.74, 6) is 1.89. The zero-order chi connectivity index (χ0) is 41.0. The summed E-state index contributed by atoms with van der Waals surface area (Å²) in [4.78, 5) is 15.6. The number of hydrogen-bond donors (Lipinski definition) is 0. The van der Waals surface area contributed by atoms with Crippen molar-refractivity contribution in [2.24, 2.45) is 0 Å². The van der Waals surface area contributed by atoms with Gasteiger partial charge in [-0.3, -0.25) is 0 Å². The first-order valence-corrected chi connectivity index (χ1v) is 21.7. The highest BCUT2D eigenvalue weighted by Gasteiger charge is 2.23. The lowest BCUT2D eigenvalue weighted by atomic mass is 9.91. The highest BCUT2D eigenvalue weighted by Crippen LogP contribution is 2.49. The lowest BCUT2D eigenvalue weighted by molar-refractivity contribution is 1.07. The number of para-hydroxylation sites is 2. The van der Waals surface area contributed by atoms with Crippen LogP contribution < -0.4 is 0 Å². The van der Waals surface area contributed by atoms with Gasteiger partial charge in [0.15, 0.2) is 17.5 Å². The third-order valence-electron chi connectivity index (χ3n) is 11.9. The van der Waals surface area contributed by atoms with Crippen molar-refractivity contribution in [2.75, 3.05) is 0 Å².